The highest BCUT2D eigenvalue weighted by molar-refractivity contribution is 6.31. The number of nitrogens with zero attached hydrogens (tertiary/aromatic N) is 1. The Morgan fingerprint density at radius 3 is 2.90 bits per heavy atom. The highest BCUT2D eigenvalue weighted by Gasteiger charge is 2.08. The number of aromatic nitrogens is 2. The lowest BCUT2D eigenvalue weighted by Crippen LogP contribution is -1.91. The first-order valence-electron chi connectivity index (χ1n) is 3.44. The van der Waals surface area contributed by atoms with Gasteiger partial charge in [0.05, 0.1) is 16.9 Å². The lowest BCUT2D eigenvalue weighted by Gasteiger charge is -2.04. The third-order valence-corrected chi connectivity index (χ3v) is 2.03. The van der Waals surface area contributed by atoms with Gasteiger partial charge < -0.3 is 0 Å². The topological polar surface area (TPSA) is 28.7 Å². The molecular formula is C7H11ClN2. The minimum atomic E-state index is 0.481. The molecule has 1 aromatic heterocycles. The van der Waals surface area contributed by atoms with Gasteiger partial charge in [0.25, 0.3) is 0 Å². The molecule has 10 heavy (non-hydrogen) atoms. The summed E-state index contributed by atoms with van der Waals surface area (Å²) in [5.41, 5.74) is 1.05. The molecule has 0 radical (unpaired) electrons. The van der Waals surface area contributed by atoms with Crippen LogP contribution in [-0.4, -0.2) is 10.2 Å². The number of aromatic amines is 1. The molecule has 1 N–H and O–H groups in total. The molecule has 0 spiro atoms. The molecule has 0 aromatic carbocycles. The number of rotatable bonds is 2. The van der Waals surface area contributed by atoms with Gasteiger partial charge >= 0.3 is 0 Å². The molecule has 0 saturated heterocycles. The molecule has 0 aliphatic heterocycles. The van der Waals surface area contributed by atoms with Crippen LogP contribution in [-0.2, 0) is 0 Å². The quantitative estimate of drug-likeness (QED) is 0.704. The van der Waals surface area contributed by atoms with Crippen LogP contribution < -0.4 is 0 Å². The van der Waals surface area contributed by atoms with Gasteiger partial charge in [-0.25, -0.2) is 0 Å². The molecule has 1 heterocycles. The molecule has 0 amide bonds. The van der Waals surface area contributed by atoms with Crippen molar-refractivity contribution in [1.29, 1.82) is 0 Å². The number of H-pyrrole nitrogens is 1. The summed E-state index contributed by atoms with van der Waals surface area (Å²) < 4.78 is 0. The standard InChI is InChI=1S/C7H11ClN2/c1-3-5(2)7-6(8)4-9-10-7/h4-5H,3H2,1-2H3,(H,9,10). The predicted molar refractivity (Wildman–Crippen MR) is 42.3 cm³/mol. The van der Waals surface area contributed by atoms with Gasteiger partial charge in [0.15, 0.2) is 0 Å². The van der Waals surface area contributed by atoms with Gasteiger partial charge in [0.2, 0.25) is 0 Å². The van der Waals surface area contributed by atoms with Gasteiger partial charge in [0, 0.05) is 0 Å². The van der Waals surface area contributed by atoms with Gasteiger partial charge in [-0.3, -0.25) is 5.10 Å². The van der Waals surface area contributed by atoms with E-state index in [1.54, 1.807) is 6.20 Å². The normalized spacial score (nSPS) is 13.5. The summed E-state index contributed by atoms with van der Waals surface area (Å²) in [5.74, 6) is 0.481. The van der Waals surface area contributed by atoms with Gasteiger partial charge in [-0.15, -0.1) is 0 Å². The molecule has 1 aromatic rings. The van der Waals surface area contributed by atoms with Crippen LogP contribution >= 0.6 is 11.6 Å². The van der Waals surface area contributed by atoms with Crippen molar-refractivity contribution in [2.75, 3.05) is 0 Å². The maximum atomic E-state index is 5.82. The number of halogens is 1. The van der Waals surface area contributed by atoms with Crippen LogP contribution in [0.2, 0.25) is 5.02 Å². The molecule has 0 saturated carbocycles. The Labute approximate surface area is 65.6 Å². The number of hydrogen-bond donors (Lipinski definition) is 1. The van der Waals surface area contributed by atoms with Gasteiger partial charge in [-0.2, -0.15) is 5.10 Å². The second-order valence-electron chi connectivity index (χ2n) is 2.44. The third-order valence-electron chi connectivity index (χ3n) is 1.73. The van der Waals surface area contributed by atoms with Crippen molar-refractivity contribution in [3.05, 3.63) is 16.9 Å². The molecule has 0 fully saturated rings. The van der Waals surface area contributed by atoms with Gasteiger partial charge in [-0.05, 0) is 12.3 Å². The van der Waals surface area contributed by atoms with Crippen LogP contribution in [0, 0.1) is 0 Å². The van der Waals surface area contributed by atoms with E-state index < -0.39 is 0 Å². The van der Waals surface area contributed by atoms with E-state index in [2.05, 4.69) is 24.0 Å². The fourth-order valence-electron chi connectivity index (χ4n) is 0.831. The zero-order valence-electron chi connectivity index (χ0n) is 6.19. The summed E-state index contributed by atoms with van der Waals surface area (Å²) in [4.78, 5) is 0. The molecule has 3 heteroatoms. The highest BCUT2D eigenvalue weighted by Crippen LogP contribution is 2.23. The fourth-order valence-corrected chi connectivity index (χ4v) is 1.11. The zero-order chi connectivity index (χ0) is 7.56. The Bertz CT molecular complexity index is 207. The van der Waals surface area contributed by atoms with Crippen molar-refractivity contribution in [3.8, 4) is 0 Å². The van der Waals surface area contributed by atoms with E-state index in [0.29, 0.717) is 5.92 Å². The molecule has 2 nitrogen and oxygen atoms in total. The van der Waals surface area contributed by atoms with Crippen LogP contribution in [0.25, 0.3) is 0 Å². The van der Waals surface area contributed by atoms with Crippen LogP contribution in [0.3, 0.4) is 0 Å². The van der Waals surface area contributed by atoms with Crippen molar-refractivity contribution < 1.29 is 0 Å². The summed E-state index contributed by atoms with van der Waals surface area (Å²) in [6.45, 7) is 4.25. The molecule has 0 aliphatic rings. The minimum absolute atomic E-state index is 0.481. The van der Waals surface area contributed by atoms with Crippen molar-refractivity contribution in [3.63, 3.8) is 0 Å². The van der Waals surface area contributed by atoms with Crippen molar-refractivity contribution in [2.24, 2.45) is 0 Å². The summed E-state index contributed by atoms with van der Waals surface area (Å²) >= 11 is 5.82. The summed E-state index contributed by atoms with van der Waals surface area (Å²) in [6, 6.07) is 0. The highest BCUT2D eigenvalue weighted by atomic mass is 35.5. The van der Waals surface area contributed by atoms with E-state index in [1.807, 2.05) is 0 Å². The van der Waals surface area contributed by atoms with E-state index in [4.69, 9.17) is 11.6 Å². The lowest BCUT2D eigenvalue weighted by atomic mass is 10.1. The first kappa shape index (κ1) is 7.61. The maximum Gasteiger partial charge on any atom is 0.0817 e. The second-order valence-corrected chi connectivity index (χ2v) is 2.85. The second kappa shape index (κ2) is 3.06. The van der Waals surface area contributed by atoms with E-state index in [0.717, 1.165) is 17.1 Å². The summed E-state index contributed by atoms with van der Waals surface area (Å²) in [7, 11) is 0. The van der Waals surface area contributed by atoms with Crippen molar-refractivity contribution >= 4 is 11.6 Å². The average Bonchev–Trinajstić information content (AvgIpc) is 2.34. The first-order chi connectivity index (χ1) is 4.75. The zero-order valence-corrected chi connectivity index (χ0v) is 6.94. The first-order valence-corrected chi connectivity index (χ1v) is 3.82. The monoisotopic (exact) mass is 158 g/mol. The number of nitrogens with one attached hydrogen (secondary N) is 1. The molecule has 1 rings (SSSR count). The minimum Gasteiger partial charge on any atom is -0.281 e. The van der Waals surface area contributed by atoms with E-state index in [1.165, 1.54) is 0 Å². The smallest absolute Gasteiger partial charge is 0.0817 e. The number of hydrogen-bond acceptors (Lipinski definition) is 1. The Kier molecular flexibility index (Phi) is 2.33. The molecular weight excluding hydrogens is 148 g/mol. The van der Waals surface area contributed by atoms with Crippen LogP contribution in [0.4, 0.5) is 0 Å². The molecule has 56 valence electrons. The Balaban J connectivity index is 2.82. The van der Waals surface area contributed by atoms with Crippen LogP contribution in [0.15, 0.2) is 6.20 Å². The van der Waals surface area contributed by atoms with E-state index in [-0.39, 0.29) is 0 Å². The SMILES string of the molecule is CCC(C)c1[nH]ncc1Cl. The van der Waals surface area contributed by atoms with Gasteiger partial charge in [-0.1, -0.05) is 25.4 Å². The van der Waals surface area contributed by atoms with Crippen LogP contribution in [0.5, 0.6) is 0 Å². The van der Waals surface area contributed by atoms with E-state index >= 15 is 0 Å². The predicted octanol–water partition coefficient (Wildman–Crippen LogP) is 2.58. The third kappa shape index (κ3) is 1.32. The van der Waals surface area contributed by atoms with Gasteiger partial charge in [0.1, 0.15) is 0 Å². The Morgan fingerprint density at radius 2 is 2.50 bits per heavy atom. The Hall–Kier alpha value is -0.500. The molecule has 0 aliphatic carbocycles. The molecule has 1 atom stereocenters. The molecule has 1 unspecified atom stereocenters. The molecule has 0 bridgehead atoms. The van der Waals surface area contributed by atoms with Crippen LogP contribution in [0.1, 0.15) is 31.9 Å². The van der Waals surface area contributed by atoms with E-state index in [9.17, 15) is 0 Å². The Morgan fingerprint density at radius 1 is 1.80 bits per heavy atom. The average molecular weight is 159 g/mol. The van der Waals surface area contributed by atoms with Crippen molar-refractivity contribution in [1.82, 2.24) is 10.2 Å². The lowest BCUT2D eigenvalue weighted by molar-refractivity contribution is 0.703. The summed E-state index contributed by atoms with van der Waals surface area (Å²) in [5, 5.41) is 7.45. The maximum absolute atomic E-state index is 5.82. The fraction of sp³-hybridized carbons (Fsp3) is 0.571. The summed E-state index contributed by atoms with van der Waals surface area (Å²) in [6.07, 6.45) is 2.73. The largest absolute Gasteiger partial charge is 0.281 e. The van der Waals surface area contributed by atoms with Crippen molar-refractivity contribution in [2.45, 2.75) is 26.2 Å².